The first-order chi connectivity index (χ1) is 12.5. The van der Waals surface area contributed by atoms with Gasteiger partial charge in [0.25, 0.3) is 0 Å². The molecular formula is C19H19BrN4OS. The van der Waals surface area contributed by atoms with Gasteiger partial charge in [0.2, 0.25) is 5.91 Å². The van der Waals surface area contributed by atoms with Crippen LogP contribution in [-0.2, 0) is 11.8 Å². The number of carbonyl (C=O) groups excluding carboxylic acids is 1. The van der Waals surface area contributed by atoms with Gasteiger partial charge in [0.05, 0.1) is 5.75 Å². The summed E-state index contributed by atoms with van der Waals surface area (Å²) in [5.74, 6) is 0.996. The lowest BCUT2D eigenvalue weighted by molar-refractivity contribution is -0.113. The molecule has 0 fully saturated rings. The SMILES string of the molecule is Cc1cccc(C)c1NC(=O)CSc1nnc(-c2ccc(Br)cc2)n1C. The van der Waals surface area contributed by atoms with E-state index in [1.54, 1.807) is 0 Å². The molecule has 0 spiro atoms. The number of aromatic nitrogens is 3. The fourth-order valence-electron chi connectivity index (χ4n) is 2.61. The van der Waals surface area contributed by atoms with Crippen LogP contribution in [-0.4, -0.2) is 26.4 Å². The number of amides is 1. The molecule has 1 heterocycles. The Kier molecular flexibility index (Phi) is 5.78. The van der Waals surface area contributed by atoms with Crippen molar-refractivity contribution in [1.29, 1.82) is 0 Å². The number of para-hydroxylation sites is 1. The van der Waals surface area contributed by atoms with E-state index in [-0.39, 0.29) is 11.7 Å². The summed E-state index contributed by atoms with van der Waals surface area (Å²) in [6, 6.07) is 13.9. The Labute approximate surface area is 165 Å². The first-order valence-electron chi connectivity index (χ1n) is 8.10. The lowest BCUT2D eigenvalue weighted by Gasteiger charge is -2.11. The van der Waals surface area contributed by atoms with Gasteiger partial charge < -0.3 is 9.88 Å². The molecule has 26 heavy (non-hydrogen) atoms. The van der Waals surface area contributed by atoms with Gasteiger partial charge in [-0.15, -0.1) is 10.2 Å². The van der Waals surface area contributed by atoms with Crippen molar-refractivity contribution in [1.82, 2.24) is 14.8 Å². The van der Waals surface area contributed by atoms with Crippen LogP contribution < -0.4 is 5.32 Å². The van der Waals surface area contributed by atoms with Crippen LogP contribution in [0.1, 0.15) is 11.1 Å². The van der Waals surface area contributed by atoms with E-state index in [2.05, 4.69) is 31.4 Å². The third-order valence-corrected chi connectivity index (χ3v) is 5.56. The van der Waals surface area contributed by atoms with E-state index in [4.69, 9.17) is 0 Å². The predicted octanol–water partition coefficient (Wildman–Crippen LogP) is 4.59. The van der Waals surface area contributed by atoms with Crippen LogP contribution in [0.2, 0.25) is 0 Å². The quantitative estimate of drug-likeness (QED) is 0.601. The summed E-state index contributed by atoms with van der Waals surface area (Å²) in [4.78, 5) is 12.3. The van der Waals surface area contributed by atoms with Gasteiger partial charge in [-0.3, -0.25) is 4.79 Å². The third kappa shape index (κ3) is 4.16. The molecule has 0 unspecified atom stereocenters. The summed E-state index contributed by atoms with van der Waals surface area (Å²) < 4.78 is 2.92. The summed E-state index contributed by atoms with van der Waals surface area (Å²) in [5.41, 5.74) is 3.97. The molecular weight excluding hydrogens is 412 g/mol. The molecule has 0 bridgehead atoms. The Morgan fingerprint density at radius 3 is 2.42 bits per heavy atom. The van der Waals surface area contributed by atoms with Crippen LogP contribution in [0, 0.1) is 13.8 Å². The zero-order chi connectivity index (χ0) is 18.7. The molecule has 3 aromatic rings. The average molecular weight is 431 g/mol. The maximum Gasteiger partial charge on any atom is 0.234 e. The number of benzene rings is 2. The van der Waals surface area contributed by atoms with E-state index >= 15 is 0 Å². The second kappa shape index (κ2) is 8.05. The van der Waals surface area contributed by atoms with Crippen molar-refractivity contribution in [3.05, 3.63) is 58.1 Å². The largest absolute Gasteiger partial charge is 0.325 e. The molecule has 0 aliphatic rings. The van der Waals surface area contributed by atoms with E-state index < -0.39 is 0 Å². The number of aryl methyl sites for hydroxylation is 2. The number of carbonyl (C=O) groups is 1. The van der Waals surface area contributed by atoms with Crippen LogP contribution >= 0.6 is 27.7 Å². The number of hydrogen-bond acceptors (Lipinski definition) is 4. The summed E-state index contributed by atoms with van der Waals surface area (Å²) in [6.07, 6.45) is 0. The van der Waals surface area contributed by atoms with Crippen molar-refractivity contribution in [2.45, 2.75) is 19.0 Å². The molecule has 3 rings (SSSR count). The molecule has 1 N–H and O–H groups in total. The lowest BCUT2D eigenvalue weighted by Crippen LogP contribution is -2.16. The smallest absolute Gasteiger partial charge is 0.234 e. The molecule has 0 aliphatic carbocycles. The Morgan fingerprint density at radius 1 is 1.12 bits per heavy atom. The number of nitrogens with one attached hydrogen (secondary N) is 1. The zero-order valence-corrected chi connectivity index (χ0v) is 17.2. The number of halogens is 1. The van der Waals surface area contributed by atoms with E-state index in [1.807, 2.05) is 67.9 Å². The van der Waals surface area contributed by atoms with Crippen molar-refractivity contribution in [3.63, 3.8) is 0 Å². The lowest BCUT2D eigenvalue weighted by atomic mass is 10.1. The molecule has 7 heteroatoms. The Bertz CT molecular complexity index is 917. The van der Waals surface area contributed by atoms with Gasteiger partial charge >= 0.3 is 0 Å². The fraction of sp³-hybridized carbons (Fsp3) is 0.211. The van der Waals surface area contributed by atoms with E-state index in [0.717, 1.165) is 32.7 Å². The van der Waals surface area contributed by atoms with Gasteiger partial charge in [0.15, 0.2) is 11.0 Å². The molecule has 0 atom stereocenters. The van der Waals surface area contributed by atoms with Crippen molar-refractivity contribution >= 4 is 39.3 Å². The third-order valence-electron chi connectivity index (χ3n) is 4.02. The minimum Gasteiger partial charge on any atom is -0.325 e. The second-order valence-corrected chi connectivity index (χ2v) is 7.83. The van der Waals surface area contributed by atoms with Gasteiger partial charge in [0, 0.05) is 22.8 Å². The number of rotatable bonds is 5. The minimum atomic E-state index is -0.0550. The highest BCUT2D eigenvalue weighted by atomic mass is 79.9. The number of nitrogens with zero attached hydrogens (tertiary/aromatic N) is 3. The summed E-state index contributed by atoms with van der Waals surface area (Å²) >= 11 is 4.80. The van der Waals surface area contributed by atoms with Crippen molar-refractivity contribution < 1.29 is 4.79 Å². The molecule has 1 aromatic heterocycles. The summed E-state index contributed by atoms with van der Waals surface area (Å²) in [6.45, 7) is 3.98. The highest BCUT2D eigenvalue weighted by Crippen LogP contribution is 2.25. The minimum absolute atomic E-state index is 0.0550. The van der Waals surface area contributed by atoms with Gasteiger partial charge in [-0.05, 0) is 37.1 Å². The van der Waals surface area contributed by atoms with Gasteiger partial charge in [-0.1, -0.05) is 58.0 Å². The van der Waals surface area contributed by atoms with Crippen LogP contribution in [0.5, 0.6) is 0 Å². The van der Waals surface area contributed by atoms with Gasteiger partial charge in [-0.2, -0.15) is 0 Å². The molecule has 0 saturated heterocycles. The first kappa shape index (κ1) is 18.7. The van der Waals surface area contributed by atoms with Crippen LogP contribution in [0.25, 0.3) is 11.4 Å². The highest BCUT2D eigenvalue weighted by Gasteiger charge is 2.14. The van der Waals surface area contributed by atoms with Crippen molar-refractivity contribution in [2.75, 3.05) is 11.1 Å². The summed E-state index contributed by atoms with van der Waals surface area (Å²) in [5, 5.41) is 12.2. The standard InChI is InChI=1S/C19H19BrN4OS/c1-12-5-4-6-13(2)17(12)21-16(25)11-26-19-23-22-18(24(19)3)14-7-9-15(20)10-8-14/h4-10H,11H2,1-3H3,(H,21,25). The van der Waals surface area contributed by atoms with Gasteiger partial charge in [0.1, 0.15) is 0 Å². The molecule has 0 radical (unpaired) electrons. The first-order valence-corrected chi connectivity index (χ1v) is 9.88. The zero-order valence-electron chi connectivity index (χ0n) is 14.8. The monoisotopic (exact) mass is 430 g/mol. The van der Waals surface area contributed by atoms with Crippen LogP contribution in [0.3, 0.4) is 0 Å². The second-order valence-electron chi connectivity index (χ2n) is 5.98. The molecule has 0 saturated carbocycles. The summed E-state index contributed by atoms with van der Waals surface area (Å²) in [7, 11) is 1.91. The number of hydrogen-bond donors (Lipinski definition) is 1. The number of anilines is 1. The molecule has 134 valence electrons. The molecule has 1 amide bonds. The van der Waals surface area contributed by atoms with E-state index in [9.17, 15) is 4.79 Å². The average Bonchev–Trinajstić information content (AvgIpc) is 2.98. The van der Waals surface area contributed by atoms with Crippen LogP contribution in [0.15, 0.2) is 52.1 Å². The van der Waals surface area contributed by atoms with Gasteiger partial charge in [-0.25, -0.2) is 0 Å². The highest BCUT2D eigenvalue weighted by molar-refractivity contribution is 9.10. The van der Waals surface area contributed by atoms with Crippen molar-refractivity contribution in [2.24, 2.45) is 7.05 Å². The Morgan fingerprint density at radius 2 is 1.77 bits per heavy atom. The number of thioether (sulfide) groups is 1. The van der Waals surface area contributed by atoms with Crippen LogP contribution in [0.4, 0.5) is 5.69 Å². The molecule has 0 aliphatic heterocycles. The fourth-order valence-corrected chi connectivity index (χ4v) is 3.58. The maximum absolute atomic E-state index is 12.3. The maximum atomic E-state index is 12.3. The van der Waals surface area contributed by atoms with Crippen molar-refractivity contribution in [3.8, 4) is 11.4 Å². The van der Waals surface area contributed by atoms with E-state index in [1.165, 1.54) is 11.8 Å². The molecule has 2 aromatic carbocycles. The normalized spacial score (nSPS) is 10.8. The predicted molar refractivity (Wildman–Crippen MR) is 109 cm³/mol. The Balaban J connectivity index is 1.67. The topological polar surface area (TPSA) is 59.8 Å². The Hall–Kier alpha value is -2.12. The van der Waals surface area contributed by atoms with E-state index in [0.29, 0.717) is 5.16 Å². The molecule has 5 nitrogen and oxygen atoms in total.